The largest absolute Gasteiger partial charge is 0.332 e. The Hall–Kier alpha value is -2.68. The summed E-state index contributed by atoms with van der Waals surface area (Å²) in [6.45, 7) is 6.32. The van der Waals surface area contributed by atoms with Crippen molar-refractivity contribution in [2.45, 2.75) is 39.4 Å². The summed E-state index contributed by atoms with van der Waals surface area (Å²) in [5.41, 5.74) is 0.0864. The minimum absolute atomic E-state index is 0.0539. The van der Waals surface area contributed by atoms with Crippen LogP contribution in [0.3, 0.4) is 0 Å². The first kappa shape index (κ1) is 21.0. The van der Waals surface area contributed by atoms with Crippen LogP contribution >= 0.6 is 15.9 Å². The second-order valence-corrected chi connectivity index (χ2v) is 8.69. The lowest BCUT2D eigenvalue weighted by Crippen LogP contribution is -2.46. The SMILES string of the molecule is Cn1c(=O)c2nc(Br)n(CC(=O)N(Cc3ccccc3)C(C)(C)C)c2n(C)c1=O. The van der Waals surface area contributed by atoms with Crippen molar-refractivity contribution >= 4 is 33.0 Å². The molecule has 0 fully saturated rings. The predicted molar refractivity (Wildman–Crippen MR) is 115 cm³/mol. The maximum atomic E-state index is 13.3. The molecule has 0 spiro atoms. The molecular weight excluding hydrogens is 438 g/mol. The van der Waals surface area contributed by atoms with Gasteiger partial charge >= 0.3 is 5.69 Å². The average Bonchev–Trinajstić information content (AvgIpc) is 2.99. The Labute approximate surface area is 176 Å². The number of aromatic nitrogens is 4. The highest BCUT2D eigenvalue weighted by Gasteiger charge is 2.28. The summed E-state index contributed by atoms with van der Waals surface area (Å²) in [6, 6.07) is 9.75. The van der Waals surface area contributed by atoms with Gasteiger partial charge in [0.2, 0.25) is 5.91 Å². The molecule has 2 heterocycles. The van der Waals surface area contributed by atoms with Crippen molar-refractivity contribution in [1.82, 2.24) is 23.6 Å². The lowest BCUT2D eigenvalue weighted by Gasteiger charge is -2.36. The summed E-state index contributed by atoms with van der Waals surface area (Å²) in [6.07, 6.45) is 0. The van der Waals surface area contributed by atoms with Crippen molar-refractivity contribution < 1.29 is 4.79 Å². The monoisotopic (exact) mass is 461 g/mol. The number of aryl methyl sites for hydroxylation is 1. The maximum absolute atomic E-state index is 13.3. The first-order valence-electron chi connectivity index (χ1n) is 9.18. The van der Waals surface area contributed by atoms with E-state index in [0.717, 1.165) is 10.1 Å². The second kappa shape index (κ2) is 7.62. The lowest BCUT2D eigenvalue weighted by atomic mass is 10.0. The van der Waals surface area contributed by atoms with Gasteiger partial charge in [-0.15, -0.1) is 0 Å². The molecule has 0 unspecified atom stereocenters. The Morgan fingerprint density at radius 1 is 1.10 bits per heavy atom. The molecule has 3 aromatic rings. The van der Waals surface area contributed by atoms with E-state index in [2.05, 4.69) is 20.9 Å². The molecule has 0 N–H and O–H groups in total. The van der Waals surface area contributed by atoms with E-state index in [9.17, 15) is 14.4 Å². The van der Waals surface area contributed by atoms with Crippen LogP contribution in [0.15, 0.2) is 44.7 Å². The molecule has 0 atom stereocenters. The zero-order chi connectivity index (χ0) is 21.5. The zero-order valence-corrected chi connectivity index (χ0v) is 18.7. The average molecular weight is 462 g/mol. The van der Waals surface area contributed by atoms with Gasteiger partial charge in [-0.3, -0.25) is 23.3 Å². The molecule has 154 valence electrons. The topological polar surface area (TPSA) is 82.1 Å². The van der Waals surface area contributed by atoms with Gasteiger partial charge in [0, 0.05) is 26.2 Å². The number of rotatable bonds is 4. The molecule has 0 saturated carbocycles. The zero-order valence-electron chi connectivity index (χ0n) is 17.1. The number of carbonyl (C=O) groups excluding carboxylic acids is 1. The molecule has 2 aromatic heterocycles. The van der Waals surface area contributed by atoms with Crippen molar-refractivity contribution in [2.24, 2.45) is 14.1 Å². The highest BCUT2D eigenvalue weighted by Crippen LogP contribution is 2.21. The van der Waals surface area contributed by atoms with Gasteiger partial charge in [0.25, 0.3) is 5.56 Å². The third kappa shape index (κ3) is 3.91. The molecule has 0 aliphatic carbocycles. The number of halogens is 1. The molecule has 9 heteroatoms. The summed E-state index contributed by atoms with van der Waals surface area (Å²) in [5.74, 6) is -0.144. The second-order valence-electron chi connectivity index (χ2n) is 7.98. The van der Waals surface area contributed by atoms with Gasteiger partial charge in [-0.2, -0.15) is 0 Å². The highest BCUT2D eigenvalue weighted by molar-refractivity contribution is 9.10. The van der Waals surface area contributed by atoms with E-state index in [4.69, 9.17) is 0 Å². The van der Waals surface area contributed by atoms with Gasteiger partial charge in [-0.1, -0.05) is 30.3 Å². The molecule has 0 aliphatic heterocycles. The van der Waals surface area contributed by atoms with Crippen molar-refractivity contribution in [2.75, 3.05) is 0 Å². The van der Waals surface area contributed by atoms with Crippen molar-refractivity contribution in [1.29, 1.82) is 0 Å². The van der Waals surface area contributed by atoms with Crippen LogP contribution in [0.5, 0.6) is 0 Å². The lowest BCUT2D eigenvalue weighted by molar-refractivity contribution is -0.137. The van der Waals surface area contributed by atoms with E-state index in [1.807, 2.05) is 51.1 Å². The van der Waals surface area contributed by atoms with E-state index in [-0.39, 0.29) is 18.0 Å². The van der Waals surface area contributed by atoms with Gasteiger partial charge < -0.3 is 4.90 Å². The molecule has 1 amide bonds. The van der Waals surface area contributed by atoms with Crippen LogP contribution in [0.25, 0.3) is 11.2 Å². The number of benzene rings is 1. The first-order valence-corrected chi connectivity index (χ1v) is 9.98. The summed E-state index contributed by atoms with van der Waals surface area (Å²) in [7, 11) is 2.97. The molecule has 0 radical (unpaired) electrons. The number of imidazole rings is 1. The van der Waals surface area contributed by atoms with Gasteiger partial charge in [0.1, 0.15) is 6.54 Å². The fourth-order valence-electron chi connectivity index (χ4n) is 3.29. The fourth-order valence-corrected chi connectivity index (χ4v) is 3.76. The van der Waals surface area contributed by atoms with Gasteiger partial charge in [-0.05, 0) is 42.3 Å². The number of hydrogen-bond acceptors (Lipinski definition) is 4. The van der Waals surface area contributed by atoms with E-state index in [0.29, 0.717) is 16.9 Å². The van der Waals surface area contributed by atoms with Crippen LogP contribution in [-0.2, 0) is 32.0 Å². The van der Waals surface area contributed by atoms with Crippen LogP contribution < -0.4 is 11.2 Å². The minimum Gasteiger partial charge on any atom is -0.332 e. The Morgan fingerprint density at radius 3 is 2.31 bits per heavy atom. The minimum atomic E-state index is -0.494. The standard InChI is InChI=1S/C20H24BrN5O3/c1-20(2,3)26(11-13-9-7-6-8-10-13)14(27)12-25-16-15(22-18(25)21)17(28)24(5)19(29)23(16)4/h6-10H,11-12H2,1-5H3. The van der Waals surface area contributed by atoms with Crippen molar-refractivity contribution in [3.05, 3.63) is 61.5 Å². The molecule has 3 rings (SSSR count). The Balaban J connectivity index is 2.05. The van der Waals surface area contributed by atoms with Crippen molar-refractivity contribution in [3.8, 4) is 0 Å². The Bertz CT molecular complexity index is 1190. The van der Waals surface area contributed by atoms with E-state index < -0.39 is 16.8 Å². The third-order valence-electron chi connectivity index (χ3n) is 4.88. The predicted octanol–water partition coefficient (Wildman–Crippen LogP) is 2.02. The van der Waals surface area contributed by atoms with Crippen LogP contribution in [0.2, 0.25) is 0 Å². The number of nitrogens with zero attached hydrogens (tertiary/aromatic N) is 5. The van der Waals surface area contributed by atoms with Crippen LogP contribution in [-0.4, -0.2) is 35.0 Å². The molecule has 8 nitrogen and oxygen atoms in total. The Kier molecular flexibility index (Phi) is 5.53. The van der Waals surface area contributed by atoms with E-state index in [1.165, 1.54) is 11.6 Å². The molecule has 0 saturated heterocycles. The molecule has 0 aliphatic rings. The summed E-state index contributed by atoms with van der Waals surface area (Å²) >= 11 is 3.34. The number of hydrogen-bond donors (Lipinski definition) is 0. The van der Waals surface area contributed by atoms with Crippen LogP contribution in [0, 0.1) is 0 Å². The van der Waals surface area contributed by atoms with Gasteiger partial charge in [0.15, 0.2) is 15.9 Å². The van der Waals surface area contributed by atoms with E-state index >= 15 is 0 Å². The van der Waals surface area contributed by atoms with Crippen molar-refractivity contribution in [3.63, 3.8) is 0 Å². The Morgan fingerprint density at radius 2 is 1.72 bits per heavy atom. The third-order valence-corrected chi connectivity index (χ3v) is 5.49. The fraction of sp³-hybridized carbons (Fsp3) is 0.400. The molecule has 1 aromatic carbocycles. The first-order chi connectivity index (χ1) is 13.5. The number of carbonyl (C=O) groups is 1. The molecule has 29 heavy (non-hydrogen) atoms. The van der Waals surface area contributed by atoms with Gasteiger partial charge in [0.05, 0.1) is 0 Å². The van der Waals surface area contributed by atoms with Gasteiger partial charge in [-0.25, -0.2) is 9.78 Å². The number of amides is 1. The smallest absolute Gasteiger partial charge is 0.332 e. The normalized spacial score (nSPS) is 11.8. The quantitative estimate of drug-likeness (QED) is 0.556. The van der Waals surface area contributed by atoms with Crippen LogP contribution in [0.1, 0.15) is 26.3 Å². The number of fused-ring (bicyclic) bond motifs is 1. The summed E-state index contributed by atoms with van der Waals surface area (Å²) in [5, 5.41) is 0. The van der Waals surface area contributed by atoms with E-state index in [1.54, 1.807) is 16.5 Å². The summed E-state index contributed by atoms with van der Waals surface area (Å²) < 4.78 is 4.22. The molecule has 0 bridgehead atoms. The molecular formula is C20H24BrN5O3. The van der Waals surface area contributed by atoms with Crippen LogP contribution in [0.4, 0.5) is 0 Å². The summed E-state index contributed by atoms with van der Waals surface area (Å²) in [4.78, 5) is 44.1. The highest BCUT2D eigenvalue weighted by atomic mass is 79.9. The maximum Gasteiger partial charge on any atom is 0.332 e.